The number of nitrogens with zero attached hydrogens (tertiary/aromatic N) is 1. The molecule has 0 aliphatic rings. The number of amides is 1. The van der Waals surface area contributed by atoms with Gasteiger partial charge in [-0.05, 0) is 31.5 Å². The van der Waals surface area contributed by atoms with Gasteiger partial charge >= 0.3 is 0 Å². The van der Waals surface area contributed by atoms with Crippen molar-refractivity contribution >= 4 is 27.3 Å². The predicted molar refractivity (Wildman–Crippen MR) is 85.2 cm³/mol. The van der Waals surface area contributed by atoms with Gasteiger partial charge in [0.05, 0.1) is 27.7 Å². The molecule has 0 saturated carbocycles. The molecule has 0 atom stereocenters. The number of carbonyl (C=O) groups excluding carboxylic acids is 1. The molecule has 1 heterocycles. The minimum absolute atomic E-state index is 0.201. The minimum Gasteiger partial charge on any atom is -0.347 e. The van der Waals surface area contributed by atoms with E-state index in [9.17, 15) is 17.6 Å². The zero-order chi connectivity index (χ0) is 17.2. The number of hydrogen-bond donors (Lipinski definition) is 2. The number of sulfonamides is 1. The normalized spacial score (nSPS) is 11.5. The number of nitrogens with one attached hydrogen (secondary N) is 1. The average Bonchev–Trinajstić information content (AvgIpc) is 2.84. The highest BCUT2D eigenvalue weighted by atomic mass is 32.2. The Kier molecular flexibility index (Phi) is 5.12. The van der Waals surface area contributed by atoms with Gasteiger partial charge in [-0.1, -0.05) is 6.92 Å². The van der Waals surface area contributed by atoms with Gasteiger partial charge in [0.25, 0.3) is 5.91 Å². The summed E-state index contributed by atoms with van der Waals surface area (Å²) in [7, 11) is -4.00. The lowest BCUT2D eigenvalue weighted by molar-refractivity contribution is 0.0947. The monoisotopic (exact) mass is 357 g/mol. The topological polar surface area (TPSA) is 102 Å². The van der Waals surface area contributed by atoms with Gasteiger partial charge in [0, 0.05) is 4.88 Å². The molecule has 0 radical (unpaired) electrons. The lowest BCUT2D eigenvalue weighted by Crippen LogP contribution is -2.24. The van der Waals surface area contributed by atoms with E-state index in [4.69, 9.17) is 5.14 Å². The van der Waals surface area contributed by atoms with Crippen LogP contribution in [0.4, 0.5) is 4.39 Å². The number of hydrogen-bond acceptors (Lipinski definition) is 5. The maximum Gasteiger partial charge on any atom is 0.254 e. The zero-order valence-corrected chi connectivity index (χ0v) is 14.2. The largest absolute Gasteiger partial charge is 0.347 e. The maximum absolute atomic E-state index is 13.8. The van der Waals surface area contributed by atoms with Gasteiger partial charge < -0.3 is 5.32 Å². The first-order valence-electron chi connectivity index (χ1n) is 6.78. The second-order valence-corrected chi connectivity index (χ2v) is 7.67. The molecule has 1 aromatic carbocycles. The molecular formula is C14H16FN3O3S2. The SMILES string of the molecule is CCc1nc(C)sc1CNC(=O)c1cc(S(N)(=O)=O)ccc1F. The standard InChI is InChI=1S/C14H16FN3O3S2/c1-3-12-13(22-8(2)18-12)7-17-14(19)10-6-9(23(16,20)21)4-5-11(10)15/h4-6H,3,7H2,1-2H3,(H,17,19)(H2,16,20,21). The highest BCUT2D eigenvalue weighted by Gasteiger charge is 2.17. The van der Waals surface area contributed by atoms with E-state index < -0.39 is 21.7 Å². The summed E-state index contributed by atoms with van der Waals surface area (Å²) in [6.45, 7) is 4.02. The molecule has 23 heavy (non-hydrogen) atoms. The van der Waals surface area contributed by atoms with Crippen LogP contribution in [0.3, 0.4) is 0 Å². The van der Waals surface area contributed by atoms with Crippen LogP contribution in [0.1, 0.15) is 32.9 Å². The molecule has 6 nitrogen and oxygen atoms in total. The number of halogens is 1. The van der Waals surface area contributed by atoms with Crippen LogP contribution in [0.2, 0.25) is 0 Å². The quantitative estimate of drug-likeness (QED) is 0.850. The van der Waals surface area contributed by atoms with E-state index in [1.165, 1.54) is 11.3 Å². The summed E-state index contributed by atoms with van der Waals surface area (Å²) in [6.07, 6.45) is 0.727. The first kappa shape index (κ1) is 17.5. The third-order valence-corrected chi connectivity index (χ3v) is 5.06. The predicted octanol–water partition coefficient (Wildman–Crippen LogP) is 1.73. The van der Waals surface area contributed by atoms with Crippen LogP contribution in [0.25, 0.3) is 0 Å². The molecule has 2 rings (SSSR count). The summed E-state index contributed by atoms with van der Waals surface area (Å²) in [4.78, 5) is 17.0. The molecule has 0 saturated heterocycles. The van der Waals surface area contributed by atoms with E-state index in [1.54, 1.807) is 0 Å². The van der Waals surface area contributed by atoms with Gasteiger partial charge in [0.2, 0.25) is 10.0 Å². The van der Waals surface area contributed by atoms with Crippen molar-refractivity contribution in [3.05, 3.63) is 45.2 Å². The Morgan fingerprint density at radius 2 is 2.13 bits per heavy atom. The van der Waals surface area contributed by atoms with Gasteiger partial charge in [-0.15, -0.1) is 11.3 Å². The lowest BCUT2D eigenvalue weighted by atomic mass is 10.2. The molecule has 0 aliphatic heterocycles. The molecule has 9 heteroatoms. The number of thiazole rings is 1. The fraction of sp³-hybridized carbons (Fsp3) is 0.286. The lowest BCUT2D eigenvalue weighted by Gasteiger charge is -2.07. The Morgan fingerprint density at radius 1 is 1.43 bits per heavy atom. The first-order chi connectivity index (χ1) is 10.7. The molecule has 3 N–H and O–H groups in total. The number of rotatable bonds is 5. The van der Waals surface area contributed by atoms with E-state index in [-0.39, 0.29) is 17.0 Å². The molecule has 0 fully saturated rings. The maximum atomic E-state index is 13.8. The highest BCUT2D eigenvalue weighted by molar-refractivity contribution is 7.89. The van der Waals surface area contributed by atoms with Crippen molar-refractivity contribution in [2.75, 3.05) is 0 Å². The van der Waals surface area contributed by atoms with Crippen molar-refractivity contribution in [2.24, 2.45) is 5.14 Å². The second-order valence-electron chi connectivity index (χ2n) is 4.83. The molecule has 0 aliphatic carbocycles. The summed E-state index contributed by atoms with van der Waals surface area (Å²) in [5.41, 5.74) is 0.516. The van der Waals surface area contributed by atoms with Crippen LogP contribution >= 0.6 is 11.3 Å². The third kappa shape index (κ3) is 4.12. The molecular weight excluding hydrogens is 341 g/mol. The number of aromatic nitrogens is 1. The Balaban J connectivity index is 2.21. The molecule has 0 unspecified atom stereocenters. The van der Waals surface area contributed by atoms with Gasteiger partial charge in [0.15, 0.2) is 0 Å². The van der Waals surface area contributed by atoms with Gasteiger partial charge in [-0.3, -0.25) is 4.79 Å². The molecule has 1 amide bonds. The summed E-state index contributed by atoms with van der Waals surface area (Å²) < 4.78 is 36.4. The van der Waals surface area contributed by atoms with Crippen LogP contribution in [-0.4, -0.2) is 19.3 Å². The van der Waals surface area contributed by atoms with Crippen LogP contribution in [0, 0.1) is 12.7 Å². The van der Waals surface area contributed by atoms with E-state index in [1.807, 2.05) is 13.8 Å². The van der Waals surface area contributed by atoms with Gasteiger partial charge in [0.1, 0.15) is 5.82 Å². The summed E-state index contributed by atoms with van der Waals surface area (Å²) in [5.74, 6) is -1.52. The summed E-state index contributed by atoms with van der Waals surface area (Å²) in [6, 6.07) is 2.85. The van der Waals surface area contributed by atoms with Crippen LogP contribution in [0.5, 0.6) is 0 Å². The van der Waals surface area contributed by atoms with Crippen molar-refractivity contribution in [2.45, 2.75) is 31.7 Å². The fourth-order valence-corrected chi connectivity index (χ4v) is 3.54. The Hall–Kier alpha value is -1.84. The number of carbonyl (C=O) groups is 1. The van der Waals surface area contributed by atoms with Crippen molar-refractivity contribution in [3.8, 4) is 0 Å². The minimum atomic E-state index is -4.00. The van der Waals surface area contributed by atoms with Crippen molar-refractivity contribution < 1.29 is 17.6 Å². The van der Waals surface area contributed by atoms with E-state index in [0.717, 1.165) is 40.2 Å². The van der Waals surface area contributed by atoms with Crippen molar-refractivity contribution in [3.63, 3.8) is 0 Å². The molecule has 2 aromatic rings. The molecule has 0 bridgehead atoms. The van der Waals surface area contributed by atoms with Crippen LogP contribution in [-0.2, 0) is 23.0 Å². The number of aryl methyl sites for hydroxylation is 2. The van der Waals surface area contributed by atoms with Crippen molar-refractivity contribution in [1.82, 2.24) is 10.3 Å². The molecule has 1 aromatic heterocycles. The number of nitrogens with two attached hydrogens (primary N) is 1. The Labute approximate surface area is 137 Å². The third-order valence-electron chi connectivity index (χ3n) is 3.14. The average molecular weight is 357 g/mol. The van der Waals surface area contributed by atoms with E-state index in [2.05, 4.69) is 10.3 Å². The zero-order valence-electron chi connectivity index (χ0n) is 12.6. The molecule has 0 spiro atoms. The first-order valence-corrected chi connectivity index (χ1v) is 9.14. The molecule has 124 valence electrons. The Bertz CT molecular complexity index is 847. The highest BCUT2D eigenvalue weighted by Crippen LogP contribution is 2.19. The van der Waals surface area contributed by atoms with Gasteiger partial charge in [-0.25, -0.2) is 22.9 Å². The van der Waals surface area contributed by atoms with Crippen LogP contribution < -0.4 is 10.5 Å². The smallest absolute Gasteiger partial charge is 0.254 e. The van der Waals surface area contributed by atoms with E-state index >= 15 is 0 Å². The van der Waals surface area contributed by atoms with Crippen LogP contribution in [0.15, 0.2) is 23.1 Å². The van der Waals surface area contributed by atoms with Crippen molar-refractivity contribution in [1.29, 1.82) is 0 Å². The Morgan fingerprint density at radius 3 is 2.74 bits per heavy atom. The number of primary sulfonamides is 1. The summed E-state index contributed by atoms with van der Waals surface area (Å²) in [5, 5.41) is 8.45. The number of benzene rings is 1. The van der Waals surface area contributed by atoms with E-state index in [0.29, 0.717) is 0 Å². The van der Waals surface area contributed by atoms with Gasteiger partial charge in [-0.2, -0.15) is 0 Å². The second kappa shape index (κ2) is 6.73. The fourth-order valence-electron chi connectivity index (χ4n) is 2.04. The summed E-state index contributed by atoms with van der Waals surface area (Å²) >= 11 is 1.45.